The summed E-state index contributed by atoms with van der Waals surface area (Å²) in [7, 11) is 1.65. The molecular formula is C11H14BrNO. The molecule has 0 amide bonds. The monoisotopic (exact) mass is 255 g/mol. The van der Waals surface area contributed by atoms with Gasteiger partial charge in [0.15, 0.2) is 0 Å². The van der Waals surface area contributed by atoms with Crippen LogP contribution in [0.3, 0.4) is 0 Å². The molecule has 2 nitrogen and oxygen atoms in total. The number of nitrogen functional groups attached to an aromatic ring is 1. The van der Waals surface area contributed by atoms with Crippen LogP contribution in [0.15, 0.2) is 24.3 Å². The number of alkyl halides is 1. The molecule has 0 bridgehead atoms. The van der Waals surface area contributed by atoms with E-state index in [4.69, 9.17) is 10.5 Å². The second kappa shape index (κ2) is 5.70. The van der Waals surface area contributed by atoms with Crippen molar-refractivity contribution in [2.75, 3.05) is 18.2 Å². The third-order valence-electron chi connectivity index (χ3n) is 1.83. The lowest BCUT2D eigenvalue weighted by atomic mass is 10.1. The smallest absolute Gasteiger partial charge is 0.128 e. The third-order valence-corrected chi connectivity index (χ3v) is 2.29. The molecule has 0 heterocycles. The highest BCUT2D eigenvalue weighted by Crippen LogP contribution is 2.22. The molecule has 1 aromatic rings. The van der Waals surface area contributed by atoms with Gasteiger partial charge < -0.3 is 10.5 Å². The van der Waals surface area contributed by atoms with Gasteiger partial charge in [0.05, 0.1) is 7.11 Å². The van der Waals surface area contributed by atoms with Crippen LogP contribution in [0.1, 0.15) is 12.0 Å². The van der Waals surface area contributed by atoms with E-state index < -0.39 is 0 Å². The van der Waals surface area contributed by atoms with E-state index in [1.54, 1.807) is 7.11 Å². The highest BCUT2D eigenvalue weighted by atomic mass is 79.9. The number of allylic oxidation sites excluding steroid dienone is 1. The standard InChI is InChI=1S/C11H14BrNO/c1-14-11-8-10(13)6-5-9(11)4-2-3-7-12/h2,4-6,8H,3,7,13H2,1H3. The second-order valence-corrected chi connectivity index (χ2v) is 3.67. The Morgan fingerprint density at radius 2 is 2.29 bits per heavy atom. The van der Waals surface area contributed by atoms with Crippen LogP contribution in [-0.2, 0) is 0 Å². The molecule has 3 heteroatoms. The van der Waals surface area contributed by atoms with Gasteiger partial charge >= 0.3 is 0 Å². The highest BCUT2D eigenvalue weighted by molar-refractivity contribution is 9.09. The van der Waals surface area contributed by atoms with E-state index in [-0.39, 0.29) is 0 Å². The Labute approximate surface area is 92.9 Å². The number of nitrogens with two attached hydrogens (primary N) is 1. The fourth-order valence-electron chi connectivity index (χ4n) is 1.14. The summed E-state index contributed by atoms with van der Waals surface area (Å²) >= 11 is 3.37. The van der Waals surface area contributed by atoms with Gasteiger partial charge in [-0.05, 0) is 18.6 Å². The van der Waals surface area contributed by atoms with Crippen molar-refractivity contribution >= 4 is 27.7 Å². The van der Waals surface area contributed by atoms with Crippen LogP contribution >= 0.6 is 15.9 Å². The molecule has 0 aliphatic rings. The zero-order valence-electron chi connectivity index (χ0n) is 8.16. The van der Waals surface area contributed by atoms with E-state index in [1.165, 1.54) is 0 Å². The van der Waals surface area contributed by atoms with Crippen LogP contribution in [-0.4, -0.2) is 12.4 Å². The van der Waals surface area contributed by atoms with Gasteiger partial charge in [-0.25, -0.2) is 0 Å². The normalized spacial score (nSPS) is 10.7. The van der Waals surface area contributed by atoms with E-state index in [2.05, 4.69) is 22.0 Å². The summed E-state index contributed by atoms with van der Waals surface area (Å²) in [5, 5.41) is 0.973. The van der Waals surface area contributed by atoms with Gasteiger partial charge in [-0.1, -0.05) is 28.1 Å². The van der Waals surface area contributed by atoms with Crippen molar-refractivity contribution in [3.63, 3.8) is 0 Å². The lowest BCUT2D eigenvalue weighted by Gasteiger charge is -2.05. The quantitative estimate of drug-likeness (QED) is 0.663. The van der Waals surface area contributed by atoms with Crippen molar-refractivity contribution < 1.29 is 4.74 Å². The minimum atomic E-state index is 0.722. The summed E-state index contributed by atoms with van der Waals surface area (Å²) in [6.07, 6.45) is 5.15. The first-order valence-electron chi connectivity index (χ1n) is 4.44. The van der Waals surface area contributed by atoms with Crippen LogP contribution in [0.25, 0.3) is 6.08 Å². The van der Waals surface area contributed by atoms with Crippen LogP contribution in [0.4, 0.5) is 5.69 Å². The molecule has 2 N–H and O–H groups in total. The molecule has 0 aromatic heterocycles. The van der Waals surface area contributed by atoms with Crippen molar-refractivity contribution in [3.8, 4) is 5.75 Å². The number of rotatable bonds is 4. The summed E-state index contributed by atoms with van der Waals surface area (Å²) in [4.78, 5) is 0. The van der Waals surface area contributed by atoms with Crippen LogP contribution < -0.4 is 10.5 Å². The lowest BCUT2D eigenvalue weighted by molar-refractivity contribution is 0.414. The molecule has 0 saturated carbocycles. The number of halogens is 1. The molecule has 0 radical (unpaired) electrons. The number of anilines is 1. The molecule has 1 aromatic carbocycles. The molecule has 76 valence electrons. The molecule has 1 rings (SSSR count). The van der Waals surface area contributed by atoms with Crippen molar-refractivity contribution in [3.05, 3.63) is 29.8 Å². The first kappa shape index (κ1) is 11.1. The number of hydrogen-bond donors (Lipinski definition) is 1. The number of benzene rings is 1. The van der Waals surface area contributed by atoms with Crippen molar-refractivity contribution in [1.29, 1.82) is 0 Å². The van der Waals surface area contributed by atoms with Crippen molar-refractivity contribution in [2.24, 2.45) is 0 Å². The summed E-state index contributed by atoms with van der Waals surface area (Å²) in [5.74, 6) is 0.816. The van der Waals surface area contributed by atoms with Gasteiger partial charge in [-0.15, -0.1) is 0 Å². The molecular weight excluding hydrogens is 242 g/mol. The van der Waals surface area contributed by atoms with Crippen molar-refractivity contribution in [2.45, 2.75) is 6.42 Å². The molecule has 0 atom stereocenters. The molecule has 0 fully saturated rings. The molecule has 0 unspecified atom stereocenters. The summed E-state index contributed by atoms with van der Waals surface area (Å²) in [5.41, 5.74) is 7.43. The molecule has 0 saturated heterocycles. The Morgan fingerprint density at radius 1 is 1.50 bits per heavy atom. The van der Waals surface area contributed by atoms with E-state index in [0.29, 0.717) is 0 Å². The predicted octanol–water partition coefficient (Wildman–Crippen LogP) is 3.08. The van der Waals surface area contributed by atoms with Gasteiger partial charge in [0, 0.05) is 22.6 Å². The largest absolute Gasteiger partial charge is 0.496 e. The molecule has 0 spiro atoms. The summed E-state index contributed by atoms with van der Waals surface area (Å²) in [6, 6.07) is 5.66. The van der Waals surface area contributed by atoms with Gasteiger partial charge in [0.1, 0.15) is 5.75 Å². The maximum Gasteiger partial charge on any atom is 0.128 e. The van der Waals surface area contributed by atoms with E-state index >= 15 is 0 Å². The van der Waals surface area contributed by atoms with E-state index in [9.17, 15) is 0 Å². The van der Waals surface area contributed by atoms with E-state index in [1.807, 2.05) is 24.3 Å². The second-order valence-electron chi connectivity index (χ2n) is 2.88. The molecule has 0 aliphatic heterocycles. The average Bonchev–Trinajstić information content (AvgIpc) is 2.20. The zero-order chi connectivity index (χ0) is 10.4. The predicted molar refractivity (Wildman–Crippen MR) is 64.9 cm³/mol. The van der Waals surface area contributed by atoms with Crippen LogP contribution in [0, 0.1) is 0 Å². The van der Waals surface area contributed by atoms with Gasteiger partial charge in [0.25, 0.3) is 0 Å². The van der Waals surface area contributed by atoms with Gasteiger partial charge in [-0.2, -0.15) is 0 Å². The minimum absolute atomic E-state index is 0.722. The maximum absolute atomic E-state index is 5.65. The number of hydrogen-bond acceptors (Lipinski definition) is 2. The van der Waals surface area contributed by atoms with E-state index in [0.717, 1.165) is 28.8 Å². The Kier molecular flexibility index (Phi) is 4.53. The summed E-state index contributed by atoms with van der Waals surface area (Å²) in [6.45, 7) is 0. The fraction of sp³-hybridized carbons (Fsp3) is 0.273. The Bertz CT molecular complexity index is 323. The van der Waals surface area contributed by atoms with Gasteiger partial charge in [-0.3, -0.25) is 0 Å². The number of ether oxygens (including phenoxy) is 1. The van der Waals surface area contributed by atoms with Gasteiger partial charge in [0.2, 0.25) is 0 Å². The highest BCUT2D eigenvalue weighted by Gasteiger charge is 1.98. The Balaban J connectivity index is 2.85. The zero-order valence-corrected chi connectivity index (χ0v) is 9.75. The fourth-order valence-corrected chi connectivity index (χ4v) is 1.40. The molecule has 0 aliphatic carbocycles. The van der Waals surface area contributed by atoms with Crippen LogP contribution in [0.2, 0.25) is 0 Å². The third kappa shape index (κ3) is 3.07. The first-order chi connectivity index (χ1) is 6.77. The first-order valence-corrected chi connectivity index (χ1v) is 5.56. The Hall–Kier alpha value is -0.960. The SMILES string of the molecule is COc1cc(N)ccc1C=CCCBr. The maximum atomic E-state index is 5.65. The molecule has 14 heavy (non-hydrogen) atoms. The van der Waals surface area contributed by atoms with Crippen molar-refractivity contribution in [1.82, 2.24) is 0 Å². The lowest BCUT2D eigenvalue weighted by Crippen LogP contribution is -1.90. The van der Waals surface area contributed by atoms with Crippen LogP contribution in [0.5, 0.6) is 5.75 Å². The number of methoxy groups -OCH3 is 1. The Morgan fingerprint density at radius 3 is 2.93 bits per heavy atom. The minimum Gasteiger partial charge on any atom is -0.496 e. The summed E-state index contributed by atoms with van der Waals surface area (Å²) < 4.78 is 5.21. The average molecular weight is 256 g/mol. The topological polar surface area (TPSA) is 35.2 Å².